The molecule has 1 fully saturated rings. The Labute approximate surface area is 503 Å². The van der Waals surface area contributed by atoms with Gasteiger partial charge in [-0.15, -0.1) is 0 Å². The van der Waals surface area contributed by atoms with Gasteiger partial charge >= 0.3 is 0 Å². The van der Waals surface area contributed by atoms with Gasteiger partial charge in [0, 0.05) is 68.6 Å². The molecule has 0 unspecified atom stereocenters. The molecule has 2 aromatic heterocycles. The molecule has 1 aliphatic carbocycles. The van der Waals surface area contributed by atoms with E-state index < -0.39 is 29.4 Å². The molecule has 462 valence electrons. The number of benzene rings is 3. The molecule has 2 bridgehead atoms. The number of carbonyl (C=O) groups excluding carboxylic acids is 5. The van der Waals surface area contributed by atoms with E-state index in [4.69, 9.17) is 34.5 Å². The number of halogens is 1. The van der Waals surface area contributed by atoms with Gasteiger partial charge in [-0.05, 0) is 116 Å². The summed E-state index contributed by atoms with van der Waals surface area (Å²) in [6, 6.07) is 17.7. The molecule has 1 saturated heterocycles. The van der Waals surface area contributed by atoms with Gasteiger partial charge in [0.1, 0.15) is 36.1 Å². The molecule has 4 aliphatic rings. The number of nitrogens with one attached hydrogen (secondary N) is 4. The lowest BCUT2D eigenvalue weighted by molar-refractivity contribution is -0.147. The molecule has 0 saturated carbocycles. The Morgan fingerprint density at radius 3 is 2.30 bits per heavy atom. The number of aryl methyl sites for hydroxylation is 1. The average Bonchev–Trinajstić information content (AvgIpc) is 1.69. The normalized spacial score (nSPS) is 18.1. The van der Waals surface area contributed by atoms with E-state index in [0.717, 1.165) is 65.6 Å². The quantitative estimate of drug-likeness (QED) is 0.0432. The Bertz CT molecular complexity index is 3190. The van der Waals surface area contributed by atoms with Crippen molar-refractivity contribution in [1.82, 2.24) is 45.8 Å². The summed E-state index contributed by atoms with van der Waals surface area (Å²) in [5, 5.41) is 17.0. The largest absolute Gasteiger partial charge is 0.491 e. The van der Waals surface area contributed by atoms with Crippen LogP contribution in [0.4, 0.5) is 15.9 Å². The number of likely N-dealkylation sites (N-methyl/N-ethyl adjacent to an activating group) is 1. The monoisotopic (exact) mass is 1190 g/mol. The van der Waals surface area contributed by atoms with E-state index in [9.17, 15) is 28.4 Å². The van der Waals surface area contributed by atoms with Crippen molar-refractivity contribution >= 4 is 41.0 Å². The Kier molecular flexibility index (Phi) is 21.4. The molecular formula is C64H84FN11O10. The number of rotatable bonds is 25. The third kappa shape index (κ3) is 15.7. The maximum atomic E-state index is 14.7. The first-order valence-corrected chi connectivity index (χ1v) is 30.1. The Hall–Kier alpha value is -7.50. The lowest BCUT2D eigenvalue weighted by atomic mass is 9.83. The fourth-order valence-corrected chi connectivity index (χ4v) is 11.7. The van der Waals surface area contributed by atoms with Crippen LogP contribution in [0.5, 0.6) is 5.75 Å². The fourth-order valence-electron chi connectivity index (χ4n) is 11.7. The summed E-state index contributed by atoms with van der Waals surface area (Å²) >= 11 is 0. The maximum Gasteiger partial charge on any atom is 0.254 e. The number of ether oxygens (including phenoxy) is 5. The Morgan fingerprint density at radius 1 is 0.826 bits per heavy atom. The number of anilines is 2. The van der Waals surface area contributed by atoms with E-state index in [2.05, 4.69) is 43.3 Å². The van der Waals surface area contributed by atoms with Gasteiger partial charge in [-0.2, -0.15) is 5.10 Å². The lowest BCUT2D eigenvalue weighted by Crippen LogP contribution is -2.62. The van der Waals surface area contributed by atoms with Crippen molar-refractivity contribution < 1.29 is 52.0 Å². The van der Waals surface area contributed by atoms with Gasteiger partial charge in [0.15, 0.2) is 0 Å². The van der Waals surface area contributed by atoms with Crippen LogP contribution in [-0.2, 0) is 70.6 Å². The fraction of sp³-hybridized carbons (Fsp3) is 0.516. The van der Waals surface area contributed by atoms with Crippen LogP contribution in [0.15, 0.2) is 79.1 Å². The summed E-state index contributed by atoms with van der Waals surface area (Å²) in [6.07, 6.45) is 8.39. The number of amides is 5. The molecule has 5 aromatic rings. The van der Waals surface area contributed by atoms with Crippen molar-refractivity contribution in [2.75, 3.05) is 97.3 Å². The second-order valence-electron chi connectivity index (χ2n) is 23.6. The molecule has 5 heterocycles. The van der Waals surface area contributed by atoms with Crippen LogP contribution in [0.3, 0.4) is 0 Å². The number of nitrogens with two attached hydrogens (primary N) is 1. The smallest absolute Gasteiger partial charge is 0.254 e. The van der Waals surface area contributed by atoms with Crippen LogP contribution >= 0.6 is 0 Å². The number of aromatic nitrogens is 3. The number of nitrogens with zero attached hydrogens (tertiary/aromatic N) is 6. The Balaban J connectivity index is 0.654. The van der Waals surface area contributed by atoms with Crippen LogP contribution < -0.4 is 36.6 Å². The molecule has 5 amide bonds. The highest BCUT2D eigenvalue weighted by atomic mass is 19.1. The number of nitrogen functional groups attached to an aromatic ring is 1. The predicted octanol–water partition coefficient (Wildman–Crippen LogP) is 5.83. The minimum absolute atomic E-state index is 0.159. The molecule has 0 radical (unpaired) electrons. The first-order valence-electron chi connectivity index (χ1n) is 30.1. The van der Waals surface area contributed by atoms with Crippen LogP contribution in [0.1, 0.15) is 116 Å². The van der Waals surface area contributed by atoms with E-state index >= 15 is 0 Å². The number of fused-ring (bicyclic) bond motifs is 10. The number of hydrogen-bond acceptors (Lipinski definition) is 15. The SMILES string of the molecule is CN[C@@H](C)C(=O)N[C@H](C(=O)N1Cc2cc(OCCOCCOCCOCCOCCC(=O)NCCn3cc4c(n3)CN(C)C(=O)c3ccc(F)cc3[C@H]3CCCN3c3cc-4cnc3N)ccc2C[C@H]1C(=O)N[C@@H]1CCCc2ccccc21)C(C)(C)C. The second-order valence-corrected chi connectivity index (χ2v) is 23.6. The van der Waals surface area contributed by atoms with Crippen molar-refractivity contribution in [3.8, 4) is 16.9 Å². The van der Waals surface area contributed by atoms with Crippen LogP contribution in [0.25, 0.3) is 11.1 Å². The van der Waals surface area contributed by atoms with Crippen LogP contribution in [0, 0.1) is 11.2 Å². The molecule has 0 spiro atoms. The molecular weight excluding hydrogens is 1100 g/mol. The standard InChI is InChI=1S/C64H84FN11O10/c1-41(67-5)60(78)71-58(64(2,3)4)63(81)76-38-45-33-47(18-16-43(45)34-56(76)61(79)70-52-14-9-12-42-11-7-8-13-48(42)52)86-32-31-85-30-29-84-28-27-83-26-25-82-24-20-57(77)68-21-23-74-39-51-44-35-55(59(66)69-37-44)75-22-10-15-54(75)50-36-46(65)17-19-49(50)62(80)73(6)40-53(51)72-74/h7-8,11,13,16-19,33,35-37,39,41,52,54,56,58,67H,9-10,12,14-15,20-32,34,38,40H2,1-6H3,(H2,66,69)(H,68,77)(H,70,79)(H,71,78)/t41-,52+,54+,56-,58+/m0/s1. The van der Waals surface area contributed by atoms with Gasteiger partial charge in [-0.3, -0.25) is 28.7 Å². The third-order valence-corrected chi connectivity index (χ3v) is 16.5. The number of carbonyl (C=O) groups is 5. The highest BCUT2D eigenvalue weighted by Gasteiger charge is 2.43. The summed E-state index contributed by atoms with van der Waals surface area (Å²) in [5.41, 5.74) is 14.0. The van der Waals surface area contributed by atoms with E-state index in [1.807, 2.05) is 63.4 Å². The second kappa shape index (κ2) is 29.3. The lowest BCUT2D eigenvalue weighted by Gasteiger charge is -2.41. The summed E-state index contributed by atoms with van der Waals surface area (Å²) in [7, 11) is 3.40. The summed E-state index contributed by atoms with van der Waals surface area (Å²) in [5.74, 6) is -0.685. The first-order chi connectivity index (χ1) is 41.5. The average molecular weight is 1190 g/mol. The van der Waals surface area contributed by atoms with Gasteiger partial charge in [0.25, 0.3) is 5.91 Å². The van der Waals surface area contributed by atoms with Crippen LogP contribution in [-0.4, -0.2) is 159 Å². The highest BCUT2D eigenvalue weighted by molar-refractivity contribution is 5.96. The zero-order chi connectivity index (χ0) is 60.9. The van der Waals surface area contributed by atoms with Gasteiger partial charge in [0.05, 0.1) is 95.5 Å². The van der Waals surface area contributed by atoms with E-state index in [-0.39, 0.29) is 74.3 Å². The topological polar surface area (TPSA) is 246 Å². The molecule has 21 nitrogen and oxygen atoms in total. The van der Waals surface area contributed by atoms with Crippen molar-refractivity contribution in [3.63, 3.8) is 0 Å². The van der Waals surface area contributed by atoms with Crippen molar-refractivity contribution in [2.24, 2.45) is 5.41 Å². The molecule has 3 aromatic carbocycles. The van der Waals surface area contributed by atoms with Crippen LogP contribution in [0.2, 0.25) is 0 Å². The van der Waals surface area contributed by atoms with Gasteiger partial charge in [0.2, 0.25) is 23.6 Å². The summed E-state index contributed by atoms with van der Waals surface area (Å²) < 4.78 is 45.2. The number of pyridine rings is 1. The number of hydrogen-bond donors (Lipinski definition) is 5. The zero-order valence-corrected chi connectivity index (χ0v) is 50.5. The minimum atomic E-state index is -0.889. The molecule has 3 aliphatic heterocycles. The maximum absolute atomic E-state index is 14.7. The molecule has 22 heteroatoms. The van der Waals surface area contributed by atoms with Gasteiger partial charge in [-0.1, -0.05) is 51.1 Å². The minimum Gasteiger partial charge on any atom is -0.491 e. The van der Waals surface area contributed by atoms with E-state index in [1.54, 1.807) is 47.8 Å². The predicted molar refractivity (Wildman–Crippen MR) is 322 cm³/mol. The summed E-state index contributed by atoms with van der Waals surface area (Å²) in [4.78, 5) is 78.8. The third-order valence-electron chi connectivity index (χ3n) is 16.5. The van der Waals surface area contributed by atoms with Gasteiger partial charge in [-0.25, -0.2) is 9.37 Å². The Morgan fingerprint density at radius 2 is 1.56 bits per heavy atom. The zero-order valence-electron chi connectivity index (χ0n) is 50.5. The van der Waals surface area contributed by atoms with Gasteiger partial charge < -0.3 is 65.4 Å². The highest BCUT2D eigenvalue weighted by Crippen LogP contribution is 2.42. The van der Waals surface area contributed by atoms with Crippen molar-refractivity contribution in [3.05, 3.63) is 124 Å². The van der Waals surface area contributed by atoms with Crippen molar-refractivity contribution in [1.29, 1.82) is 0 Å². The molecule has 86 heavy (non-hydrogen) atoms. The van der Waals surface area contributed by atoms with E-state index in [0.29, 0.717) is 101 Å². The molecule has 6 N–H and O–H groups in total. The van der Waals surface area contributed by atoms with E-state index in [1.165, 1.54) is 17.7 Å². The summed E-state index contributed by atoms with van der Waals surface area (Å²) in [6.45, 7) is 12.1. The van der Waals surface area contributed by atoms with Crippen molar-refractivity contribution in [2.45, 2.75) is 122 Å². The molecule has 5 atom stereocenters. The molecule has 9 rings (SSSR count). The first kappa shape index (κ1) is 63.0.